The third-order valence-electron chi connectivity index (χ3n) is 5.80. The van der Waals surface area contributed by atoms with Gasteiger partial charge in [0, 0.05) is 25.0 Å². The van der Waals surface area contributed by atoms with Crippen LogP contribution in [0.3, 0.4) is 0 Å². The second kappa shape index (κ2) is 11.2. The van der Waals surface area contributed by atoms with Crippen LogP contribution in [0.15, 0.2) is 90.3 Å². The topological polar surface area (TPSA) is 103 Å². The SMILES string of the molecule is COc1ccc(N(CC(=O)NCc2ccccc2-n2ccnc2)S(=O)(=O)c2ccc(C)cc2)cc1OC. The molecule has 3 aromatic carbocycles. The van der Waals surface area contributed by atoms with E-state index in [0.29, 0.717) is 11.5 Å². The van der Waals surface area contributed by atoms with Gasteiger partial charge in [-0.05, 0) is 42.8 Å². The lowest BCUT2D eigenvalue weighted by molar-refractivity contribution is -0.119. The van der Waals surface area contributed by atoms with Gasteiger partial charge in [0.05, 0.1) is 36.8 Å². The Morgan fingerprint density at radius 3 is 2.41 bits per heavy atom. The first-order valence-electron chi connectivity index (χ1n) is 11.5. The highest BCUT2D eigenvalue weighted by atomic mass is 32.2. The fourth-order valence-corrected chi connectivity index (χ4v) is 5.24. The number of anilines is 1. The third kappa shape index (κ3) is 5.75. The lowest BCUT2D eigenvalue weighted by Gasteiger charge is -2.25. The Morgan fingerprint density at radius 2 is 1.73 bits per heavy atom. The predicted octanol–water partition coefficient (Wildman–Crippen LogP) is 3.71. The Morgan fingerprint density at radius 1 is 1.00 bits per heavy atom. The average molecular weight is 521 g/mol. The van der Waals surface area contributed by atoms with Gasteiger partial charge in [0.2, 0.25) is 5.91 Å². The summed E-state index contributed by atoms with van der Waals surface area (Å²) >= 11 is 0. The number of sulfonamides is 1. The summed E-state index contributed by atoms with van der Waals surface area (Å²) < 4.78 is 40.9. The number of carbonyl (C=O) groups is 1. The van der Waals surface area contributed by atoms with Gasteiger partial charge in [0.1, 0.15) is 6.54 Å². The Bertz CT molecular complexity index is 1470. The molecule has 1 aromatic heterocycles. The number of methoxy groups -OCH3 is 2. The van der Waals surface area contributed by atoms with E-state index in [2.05, 4.69) is 10.3 Å². The first-order valence-corrected chi connectivity index (χ1v) is 12.9. The van der Waals surface area contributed by atoms with Crippen molar-refractivity contribution in [1.29, 1.82) is 0 Å². The summed E-state index contributed by atoms with van der Waals surface area (Å²) in [5.74, 6) is 0.323. The zero-order valence-electron chi connectivity index (χ0n) is 20.8. The maximum Gasteiger partial charge on any atom is 0.264 e. The molecular weight excluding hydrogens is 492 g/mol. The van der Waals surface area contributed by atoms with Crippen LogP contribution in [0.4, 0.5) is 5.69 Å². The van der Waals surface area contributed by atoms with Crippen LogP contribution in [0, 0.1) is 6.92 Å². The Hall–Kier alpha value is -4.31. The van der Waals surface area contributed by atoms with Crippen molar-refractivity contribution in [3.05, 3.63) is 96.6 Å². The van der Waals surface area contributed by atoms with Crippen molar-refractivity contribution in [2.24, 2.45) is 0 Å². The molecule has 10 heteroatoms. The fraction of sp³-hybridized carbons (Fsp3) is 0.185. The number of imidazole rings is 1. The van der Waals surface area contributed by atoms with E-state index in [9.17, 15) is 13.2 Å². The van der Waals surface area contributed by atoms with E-state index in [1.807, 2.05) is 42.0 Å². The zero-order chi connectivity index (χ0) is 26.4. The van der Waals surface area contributed by atoms with Crippen LogP contribution >= 0.6 is 0 Å². The van der Waals surface area contributed by atoms with E-state index in [4.69, 9.17) is 9.47 Å². The number of hydrogen-bond acceptors (Lipinski definition) is 6. The second-order valence-corrected chi connectivity index (χ2v) is 10.1. The lowest BCUT2D eigenvalue weighted by atomic mass is 10.1. The molecule has 1 amide bonds. The molecule has 4 aromatic rings. The van der Waals surface area contributed by atoms with Crippen LogP contribution in [0.25, 0.3) is 5.69 Å². The molecule has 192 valence electrons. The monoisotopic (exact) mass is 520 g/mol. The molecule has 0 saturated carbocycles. The van der Waals surface area contributed by atoms with Gasteiger partial charge in [0.25, 0.3) is 10.0 Å². The van der Waals surface area contributed by atoms with Gasteiger partial charge in [0.15, 0.2) is 11.5 Å². The molecule has 9 nitrogen and oxygen atoms in total. The van der Waals surface area contributed by atoms with E-state index in [-0.39, 0.29) is 17.1 Å². The van der Waals surface area contributed by atoms with Gasteiger partial charge in [-0.2, -0.15) is 0 Å². The van der Waals surface area contributed by atoms with Gasteiger partial charge in [-0.3, -0.25) is 9.10 Å². The number of carbonyl (C=O) groups excluding carboxylic acids is 1. The highest BCUT2D eigenvalue weighted by Crippen LogP contribution is 2.33. The molecule has 0 spiro atoms. The molecule has 0 radical (unpaired) electrons. The largest absolute Gasteiger partial charge is 0.493 e. The molecule has 37 heavy (non-hydrogen) atoms. The predicted molar refractivity (Wildman–Crippen MR) is 141 cm³/mol. The summed E-state index contributed by atoms with van der Waals surface area (Å²) in [6, 6.07) is 18.8. The van der Waals surface area contributed by atoms with Gasteiger partial charge >= 0.3 is 0 Å². The summed E-state index contributed by atoms with van der Waals surface area (Å²) in [7, 11) is -1.12. The molecule has 0 aliphatic heterocycles. The van der Waals surface area contributed by atoms with E-state index < -0.39 is 22.5 Å². The molecule has 1 N–H and O–H groups in total. The maximum absolute atomic E-state index is 13.7. The van der Waals surface area contributed by atoms with Gasteiger partial charge in [-0.1, -0.05) is 35.9 Å². The van der Waals surface area contributed by atoms with Gasteiger partial charge < -0.3 is 19.4 Å². The number of aromatic nitrogens is 2. The van der Waals surface area contributed by atoms with Crippen molar-refractivity contribution >= 4 is 21.6 Å². The van der Waals surface area contributed by atoms with Crippen molar-refractivity contribution in [3.8, 4) is 17.2 Å². The number of amides is 1. The van der Waals surface area contributed by atoms with Crippen molar-refractivity contribution in [2.45, 2.75) is 18.4 Å². The number of benzene rings is 3. The molecule has 0 atom stereocenters. The maximum atomic E-state index is 13.7. The molecule has 0 aliphatic rings. The first-order chi connectivity index (χ1) is 17.8. The summed E-state index contributed by atoms with van der Waals surface area (Å²) in [5, 5.41) is 2.85. The molecule has 0 aliphatic carbocycles. The average Bonchev–Trinajstić information content (AvgIpc) is 3.45. The Balaban J connectivity index is 1.62. The van der Waals surface area contributed by atoms with E-state index >= 15 is 0 Å². The summed E-state index contributed by atoms with van der Waals surface area (Å²) in [5.41, 5.74) is 2.91. The number of nitrogens with one attached hydrogen (secondary N) is 1. The highest BCUT2D eigenvalue weighted by Gasteiger charge is 2.28. The smallest absolute Gasteiger partial charge is 0.264 e. The number of para-hydroxylation sites is 1. The minimum atomic E-state index is -4.07. The van der Waals surface area contributed by atoms with Crippen molar-refractivity contribution in [1.82, 2.24) is 14.9 Å². The van der Waals surface area contributed by atoms with Crippen LogP contribution in [0.5, 0.6) is 11.5 Å². The van der Waals surface area contributed by atoms with E-state index in [1.165, 1.54) is 32.4 Å². The van der Waals surface area contributed by atoms with Crippen molar-refractivity contribution in [3.63, 3.8) is 0 Å². The minimum Gasteiger partial charge on any atom is -0.493 e. The second-order valence-electron chi connectivity index (χ2n) is 8.24. The van der Waals surface area contributed by atoms with Crippen LogP contribution in [0.2, 0.25) is 0 Å². The Kier molecular flexibility index (Phi) is 7.78. The van der Waals surface area contributed by atoms with Crippen molar-refractivity contribution < 1.29 is 22.7 Å². The number of rotatable bonds is 10. The van der Waals surface area contributed by atoms with E-state index in [0.717, 1.165) is 21.1 Å². The molecule has 0 fully saturated rings. The van der Waals surface area contributed by atoms with Crippen molar-refractivity contribution in [2.75, 3.05) is 25.1 Å². The number of ether oxygens (including phenoxy) is 2. The molecule has 1 heterocycles. The zero-order valence-corrected chi connectivity index (χ0v) is 21.6. The van der Waals surface area contributed by atoms with Crippen LogP contribution < -0.4 is 19.1 Å². The minimum absolute atomic E-state index is 0.0751. The fourth-order valence-electron chi connectivity index (χ4n) is 3.83. The number of hydrogen-bond donors (Lipinski definition) is 1. The lowest BCUT2D eigenvalue weighted by Crippen LogP contribution is -2.40. The molecular formula is C27H28N4O5S. The number of nitrogens with zero attached hydrogens (tertiary/aromatic N) is 3. The Labute approximate surface area is 216 Å². The van der Waals surface area contributed by atoms with Crippen LogP contribution in [-0.2, 0) is 21.4 Å². The number of aryl methyl sites for hydroxylation is 1. The molecule has 0 saturated heterocycles. The molecule has 0 unspecified atom stereocenters. The van der Waals surface area contributed by atoms with Gasteiger partial charge in [-0.25, -0.2) is 13.4 Å². The first kappa shape index (κ1) is 25.8. The normalized spacial score (nSPS) is 11.1. The standard InChI is InChI=1S/C27H28N4O5S/c1-20-8-11-23(12-9-20)37(33,34)31(22-10-13-25(35-2)26(16-22)36-3)18-27(32)29-17-21-6-4-5-7-24(21)30-15-14-28-19-30/h4-16,19H,17-18H2,1-3H3,(H,29,32). The summed E-state index contributed by atoms with van der Waals surface area (Å²) in [6.45, 7) is 1.65. The van der Waals surface area contributed by atoms with Crippen LogP contribution in [0.1, 0.15) is 11.1 Å². The molecule has 0 bridgehead atoms. The van der Waals surface area contributed by atoms with E-state index in [1.54, 1.807) is 36.8 Å². The van der Waals surface area contributed by atoms with Crippen LogP contribution in [-0.4, -0.2) is 44.6 Å². The quantitative estimate of drug-likeness (QED) is 0.342. The third-order valence-corrected chi connectivity index (χ3v) is 7.59. The summed E-state index contributed by atoms with van der Waals surface area (Å²) in [4.78, 5) is 17.3. The molecule has 4 rings (SSSR count). The summed E-state index contributed by atoms with van der Waals surface area (Å²) in [6.07, 6.45) is 5.16. The van der Waals surface area contributed by atoms with Gasteiger partial charge in [-0.15, -0.1) is 0 Å². The highest BCUT2D eigenvalue weighted by molar-refractivity contribution is 7.92.